The number of fused-ring (bicyclic) bond motifs is 1. The van der Waals surface area contributed by atoms with E-state index in [-0.39, 0.29) is 11.5 Å². The van der Waals surface area contributed by atoms with Crippen LogP contribution in [0.25, 0.3) is 16.7 Å². The molecule has 0 spiro atoms. The van der Waals surface area contributed by atoms with Crippen LogP contribution in [0.5, 0.6) is 0 Å². The fourth-order valence-electron chi connectivity index (χ4n) is 3.47. The van der Waals surface area contributed by atoms with Gasteiger partial charge in [-0.15, -0.1) is 0 Å². The Balaban J connectivity index is 1.35. The number of carbonyl (C=O) groups is 1. The second kappa shape index (κ2) is 8.55. The molecule has 1 saturated carbocycles. The first kappa shape index (κ1) is 20.4. The number of amides is 1. The molecule has 5 rings (SSSR count). The normalized spacial score (nSPS) is 13.3. The van der Waals surface area contributed by atoms with Crippen LogP contribution in [0.2, 0.25) is 5.02 Å². The van der Waals surface area contributed by atoms with Gasteiger partial charge in [-0.25, -0.2) is 19.0 Å². The van der Waals surface area contributed by atoms with E-state index in [0.29, 0.717) is 35.5 Å². The number of hydrogen-bond donors (Lipinski definition) is 2. The van der Waals surface area contributed by atoms with Gasteiger partial charge in [0.15, 0.2) is 5.65 Å². The van der Waals surface area contributed by atoms with E-state index >= 15 is 0 Å². The molecule has 1 aliphatic carbocycles. The van der Waals surface area contributed by atoms with E-state index in [9.17, 15) is 9.18 Å². The van der Waals surface area contributed by atoms with E-state index in [4.69, 9.17) is 21.6 Å². The highest BCUT2D eigenvalue weighted by Crippen LogP contribution is 2.39. The van der Waals surface area contributed by atoms with Gasteiger partial charge in [-0.05, 0) is 49.2 Å². The zero-order valence-electron chi connectivity index (χ0n) is 17.1. The van der Waals surface area contributed by atoms with Gasteiger partial charge in [0, 0.05) is 29.6 Å². The smallest absolute Gasteiger partial charge is 0.251 e. The van der Waals surface area contributed by atoms with Crippen molar-refractivity contribution in [2.24, 2.45) is 0 Å². The van der Waals surface area contributed by atoms with Gasteiger partial charge >= 0.3 is 0 Å². The van der Waals surface area contributed by atoms with Gasteiger partial charge in [0.1, 0.15) is 17.5 Å². The predicted octanol–water partition coefficient (Wildman–Crippen LogP) is 4.33. The van der Waals surface area contributed by atoms with Crippen molar-refractivity contribution < 1.29 is 9.18 Å². The van der Waals surface area contributed by atoms with E-state index in [1.165, 1.54) is 18.2 Å². The second-order valence-electron chi connectivity index (χ2n) is 7.67. The Morgan fingerprint density at radius 3 is 2.75 bits per heavy atom. The SMILES string of the molecule is O=C(NCCNc1nc(C2CC2)nc2c1cnn2-c1cccc(Cl)c1)c1cccc(F)c1. The van der Waals surface area contributed by atoms with E-state index in [0.717, 1.165) is 29.7 Å². The molecular weight excluding hydrogens is 431 g/mol. The maximum absolute atomic E-state index is 13.3. The summed E-state index contributed by atoms with van der Waals surface area (Å²) in [5.41, 5.74) is 1.81. The molecule has 2 aromatic heterocycles. The Labute approximate surface area is 188 Å². The van der Waals surface area contributed by atoms with Crippen molar-refractivity contribution in [1.29, 1.82) is 0 Å². The van der Waals surface area contributed by atoms with E-state index in [1.807, 2.05) is 24.3 Å². The van der Waals surface area contributed by atoms with Gasteiger partial charge in [-0.2, -0.15) is 5.10 Å². The van der Waals surface area contributed by atoms with Crippen LogP contribution >= 0.6 is 11.6 Å². The minimum Gasteiger partial charge on any atom is -0.368 e. The van der Waals surface area contributed by atoms with Crippen LogP contribution in [0.3, 0.4) is 0 Å². The number of anilines is 1. The maximum Gasteiger partial charge on any atom is 0.251 e. The number of rotatable bonds is 7. The second-order valence-corrected chi connectivity index (χ2v) is 8.11. The molecule has 9 heteroatoms. The number of halogens is 2. The zero-order chi connectivity index (χ0) is 22.1. The van der Waals surface area contributed by atoms with Gasteiger partial charge in [-0.1, -0.05) is 23.7 Å². The molecule has 0 aliphatic heterocycles. The van der Waals surface area contributed by atoms with Crippen molar-refractivity contribution >= 4 is 34.4 Å². The first-order valence-corrected chi connectivity index (χ1v) is 10.8. The van der Waals surface area contributed by atoms with Gasteiger partial charge in [-0.3, -0.25) is 4.79 Å². The Hall–Kier alpha value is -3.52. The van der Waals surface area contributed by atoms with Gasteiger partial charge < -0.3 is 10.6 Å². The van der Waals surface area contributed by atoms with Crippen molar-refractivity contribution in [2.75, 3.05) is 18.4 Å². The summed E-state index contributed by atoms with van der Waals surface area (Å²) in [5.74, 6) is 1.04. The van der Waals surface area contributed by atoms with Gasteiger partial charge in [0.05, 0.1) is 17.3 Å². The average molecular weight is 451 g/mol. The molecule has 1 amide bonds. The lowest BCUT2D eigenvalue weighted by atomic mass is 10.2. The highest BCUT2D eigenvalue weighted by Gasteiger charge is 2.28. The van der Waals surface area contributed by atoms with Crippen LogP contribution in [0.15, 0.2) is 54.7 Å². The minimum atomic E-state index is -0.441. The lowest BCUT2D eigenvalue weighted by molar-refractivity contribution is 0.0954. The number of hydrogen-bond acceptors (Lipinski definition) is 5. The molecule has 32 heavy (non-hydrogen) atoms. The van der Waals surface area contributed by atoms with E-state index < -0.39 is 5.82 Å². The maximum atomic E-state index is 13.3. The lowest BCUT2D eigenvalue weighted by Crippen LogP contribution is -2.29. The molecule has 0 radical (unpaired) electrons. The van der Waals surface area contributed by atoms with Crippen LogP contribution in [-0.2, 0) is 0 Å². The van der Waals surface area contributed by atoms with Crippen molar-refractivity contribution in [3.63, 3.8) is 0 Å². The average Bonchev–Trinajstić information content (AvgIpc) is 3.55. The third-order valence-electron chi connectivity index (χ3n) is 5.23. The lowest BCUT2D eigenvalue weighted by Gasteiger charge is -2.10. The summed E-state index contributed by atoms with van der Waals surface area (Å²) in [7, 11) is 0. The summed E-state index contributed by atoms with van der Waals surface area (Å²) in [6, 6.07) is 13.0. The van der Waals surface area contributed by atoms with Crippen LogP contribution in [0, 0.1) is 5.82 Å². The molecule has 0 saturated heterocycles. The topological polar surface area (TPSA) is 84.7 Å². The minimum absolute atomic E-state index is 0.285. The zero-order valence-corrected chi connectivity index (χ0v) is 17.8. The van der Waals surface area contributed by atoms with Crippen molar-refractivity contribution in [1.82, 2.24) is 25.1 Å². The monoisotopic (exact) mass is 450 g/mol. The Morgan fingerprint density at radius 1 is 1.12 bits per heavy atom. The largest absolute Gasteiger partial charge is 0.368 e. The molecule has 2 heterocycles. The van der Waals surface area contributed by atoms with E-state index in [2.05, 4.69) is 15.7 Å². The predicted molar refractivity (Wildman–Crippen MR) is 121 cm³/mol. The summed E-state index contributed by atoms with van der Waals surface area (Å²) >= 11 is 6.16. The molecule has 2 aromatic carbocycles. The Bertz CT molecular complexity index is 1300. The van der Waals surface area contributed by atoms with Gasteiger partial charge in [0.2, 0.25) is 0 Å². The molecule has 0 bridgehead atoms. The molecule has 0 atom stereocenters. The number of aromatic nitrogens is 4. The molecule has 2 N–H and O–H groups in total. The number of benzene rings is 2. The molecule has 162 valence electrons. The third kappa shape index (κ3) is 4.27. The number of nitrogens with one attached hydrogen (secondary N) is 2. The van der Waals surface area contributed by atoms with Crippen molar-refractivity contribution in [2.45, 2.75) is 18.8 Å². The summed E-state index contributed by atoms with van der Waals surface area (Å²) in [5, 5.41) is 12.0. The highest BCUT2D eigenvalue weighted by molar-refractivity contribution is 6.30. The summed E-state index contributed by atoms with van der Waals surface area (Å²) < 4.78 is 15.1. The molecule has 0 unspecified atom stereocenters. The van der Waals surface area contributed by atoms with Crippen LogP contribution in [0.1, 0.15) is 34.9 Å². The first-order valence-electron chi connectivity index (χ1n) is 10.4. The Morgan fingerprint density at radius 2 is 1.97 bits per heavy atom. The van der Waals surface area contributed by atoms with Crippen molar-refractivity contribution in [3.05, 3.63) is 77.0 Å². The van der Waals surface area contributed by atoms with Crippen molar-refractivity contribution in [3.8, 4) is 5.69 Å². The molecule has 7 nitrogen and oxygen atoms in total. The molecule has 1 aliphatic rings. The van der Waals surface area contributed by atoms with Crippen LogP contribution in [0.4, 0.5) is 10.2 Å². The molecular formula is C23H20ClFN6O. The van der Waals surface area contributed by atoms with Gasteiger partial charge in [0.25, 0.3) is 5.91 Å². The third-order valence-corrected chi connectivity index (χ3v) is 5.47. The number of carbonyl (C=O) groups excluding carboxylic acids is 1. The summed E-state index contributed by atoms with van der Waals surface area (Å²) in [6.45, 7) is 0.793. The summed E-state index contributed by atoms with van der Waals surface area (Å²) in [6.07, 6.45) is 3.86. The van der Waals surface area contributed by atoms with Crippen LogP contribution in [-0.4, -0.2) is 38.7 Å². The van der Waals surface area contributed by atoms with E-state index in [1.54, 1.807) is 16.9 Å². The Kier molecular flexibility index (Phi) is 5.45. The molecule has 1 fully saturated rings. The highest BCUT2D eigenvalue weighted by atomic mass is 35.5. The standard InChI is InChI=1S/C23H20ClFN6O/c24-16-4-2-6-18(12-16)31-22-19(13-28-31)21(29-20(30-22)14-7-8-14)26-9-10-27-23(32)15-3-1-5-17(25)11-15/h1-6,11-14H,7-10H2,(H,27,32)(H,26,29,30). The first-order chi connectivity index (χ1) is 15.6. The van der Waals surface area contributed by atoms with Crippen LogP contribution < -0.4 is 10.6 Å². The fraction of sp³-hybridized carbons (Fsp3) is 0.217. The quantitative estimate of drug-likeness (QED) is 0.409. The molecule has 4 aromatic rings. The summed E-state index contributed by atoms with van der Waals surface area (Å²) in [4.78, 5) is 21.7. The number of nitrogens with zero attached hydrogens (tertiary/aromatic N) is 4. The fourth-order valence-corrected chi connectivity index (χ4v) is 3.65.